The zero-order valence-electron chi connectivity index (χ0n) is 24.0. The van der Waals surface area contributed by atoms with Gasteiger partial charge >= 0.3 is 6.18 Å². The van der Waals surface area contributed by atoms with Crippen LogP contribution in [0.25, 0.3) is 22.0 Å². The number of methoxy groups -OCH3 is 1. The van der Waals surface area contributed by atoms with Crippen molar-refractivity contribution in [1.29, 1.82) is 0 Å². The van der Waals surface area contributed by atoms with Gasteiger partial charge in [0.15, 0.2) is 0 Å². The first-order valence-electron chi connectivity index (χ1n) is 12.8. The molecule has 2 N–H and O–H groups in total. The maximum Gasteiger partial charge on any atom is 0.406 e. The summed E-state index contributed by atoms with van der Waals surface area (Å²) >= 11 is 1.60. The van der Waals surface area contributed by atoms with Gasteiger partial charge in [0.25, 0.3) is 0 Å². The fourth-order valence-electron chi connectivity index (χ4n) is 3.62. The first-order valence-corrected chi connectivity index (χ1v) is 14.0. The predicted molar refractivity (Wildman–Crippen MR) is 159 cm³/mol. The minimum atomic E-state index is -4.38. The summed E-state index contributed by atoms with van der Waals surface area (Å²) < 4.78 is 45.6. The molecule has 0 amide bonds. The van der Waals surface area contributed by atoms with Crippen LogP contribution in [0.2, 0.25) is 0 Å². The van der Waals surface area contributed by atoms with Crippen molar-refractivity contribution in [2.45, 2.75) is 43.9 Å². The molecule has 0 spiro atoms. The van der Waals surface area contributed by atoms with Gasteiger partial charge in [-0.2, -0.15) is 25.8 Å². The van der Waals surface area contributed by atoms with E-state index in [4.69, 9.17) is 10.5 Å². The van der Waals surface area contributed by atoms with Gasteiger partial charge in [0.05, 0.1) is 25.0 Å². The average molecular weight is 651 g/mol. The van der Waals surface area contributed by atoms with Crippen LogP contribution in [0.5, 0.6) is 5.75 Å². The summed E-state index contributed by atoms with van der Waals surface area (Å²) in [6.07, 6.45) is -1.16. The molecule has 1 unspecified atom stereocenters. The molecule has 1 atom stereocenters. The summed E-state index contributed by atoms with van der Waals surface area (Å²) in [5.41, 5.74) is 9.43. The molecule has 4 rings (SSSR count). The number of thioether (sulfide) groups is 1. The van der Waals surface area contributed by atoms with E-state index >= 15 is 0 Å². The molecule has 3 aromatic rings. The second kappa shape index (κ2) is 17.8. The van der Waals surface area contributed by atoms with Crippen molar-refractivity contribution >= 4 is 34.0 Å². The summed E-state index contributed by atoms with van der Waals surface area (Å²) in [4.78, 5) is 3.26. The molecular weight excluding hydrogens is 612 g/mol. The third-order valence-corrected chi connectivity index (χ3v) is 6.35. The molecular formula is C29H38F3N5OSY-2. The standard InChI is InChI=1S/C21H19F3N3OS.C6H13N2.C2H6.Y/c1-28-20-12-15(29-2)8-9-18(20)26-10-4-5-14-11-16-17(25)6-3-7-19(16)27(14)13-21(22,23)24;1-8(2)4-3-6-5-7-6;1-2;/h3,6-9,11-12,25-26H,10,13H2,1-2H3;6H,3-5H2,1-2H3;1-2H3;/q2*-1;;. The van der Waals surface area contributed by atoms with E-state index in [1.165, 1.54) is 19.0 Å². The molecule has 0 aliphatic carbocycles. The number of anilines is 1. The Labute approximate surface area is 265 Å². The largest absolute Gasteiger partial charge is 0.698 e. The van der Waals surface area contributed by atoms with Crippen LogP contribution in [0.4, 0.5) is 24.5 Å². The summed E-state index contributed by atoms with van der Waals surface area (Å²) in [5.74, 6) is 6.34. The van der Waals surface area contributed by atoms with E-state index in [0.717, 1.165) is 27.7 Å². The molecule has 0 bridgehead atoms. The van der Waals surface area contributed by atoms with Crippen LogP contribution in [0.15, 0.2) is 47.4 Å². The molecule has 1 radical (unpaired) electrons. The number of ether oxygens (including phenoxy) is 1. The number of aromatic nitrogens is 1. The van der Waals surface area contributed by atoms with Gasteiger partial charge in [0.2, 0.25) is 0 Å². The van der Waals surface area contributed by atoms with E-state index < -0.39 is 12.7 Å². The Bertz CT molecular complexity index is 1250. The number of hydrogen-bond acceptors (Lipinski definition) is 4. The van der Waals surface area contributed by atoms with Crippen molar-refractivity contribution in [3.05, 3.63) is 59.2 Å². The Hall–Kier alpha value is -1.90. The summed E-state index contributed by atoms with van der Waals surface area (Å²) in [7, 11) is 5.77. The predicted octanol–water partition coefficient (Wildman–Crippen LogP) is 7.80. The molecule has 2 heterocycles. The number of benzene rings is 2. The van der Waals surface area contributed by atoms with Crippen LogP contribution in [-0.4, -0.2) is 68.8 Å². The number of alkyl halides is 3. The SMILES string of the molecule is CC.CN(C)CCC1C[N-]1.COc1cc(SC)ccc1NCC#Cc1cc2c([NH-])cccc2n1CC(F)(F)F.[Y]. The van der Waals surface area contributed by atoms with Gasteiger partial charge in [-0.15, -0.1) is 17.4 Å². The van der Waals surface area contributed by atoms with E-state index in [2.05, 4.69) is 41.5 Å². The van der Waals surface area contributed by atoms with Crippen LogP contribution in [0.1, 0.15) is 26.0 Å². The van der Waals surface area contributed by atoms with Crippen molar-refractivity contribution in [2.75, 3.05) is 52.4 Å². The van der Waals surface area contributed by atoms with E-state index in [1.807, 2.05) is 38.3 Å². The normalized spacial score (nSPS) is 13.6. The van der Waals surface area contributed by atoms with Crippen molar-refractivity contribution < 1.29 is 50.6 Å². The summed E-state index contributed by atoms with van der Waals surface area (Å²) in [6, 6.07) is 12.7. The zero-order chi connectivity index (χ0) is 29.0. The molecule has 1 aliphatic rings. The third-order valence-electron chi connectivity index (χ3n) is 5.63. The molecule has 1 saturated heterocycles. The molecule has 40 heavy (non-hydrogen) atoms. The number of halogens is 3. The number of fused-ring (bicyclic) bond motifs is 1. The molecule has 1 aliphatic heterocycles. The molecule has 0 saturated carbocycles. The van der Waals surface area contributed by atoms with Gasteiger partial charge in [-0.25, -0.2) is 0 Å². The van der Waals surface area contributed by atoms with Gasteiger partial charge in [-0.3, -0.25) is 0 Å². The maximum absolute atomic E-state index is 13.0. The molecule has 11 heteroatoms. The smallest absolute Gasteiger partial charge is 0.406 e. The van der Waals surface area contributed by atoms with Gasteiger partial charge < -0.3 is 30.6 Å². The third kappa shape index (κ3) is 11.9. The van der Waals surface area contributed by atoms with Crippen molar-refractivity contribution in [2.24, 2.45) is 0 Å². The van der Waals surface area contributed by atoms with E-state index in [1.54, 1.807) is 37.1 Å². The van der Waals surface area contributed by atoms with E-state index in [-0.39, 0.29) is 50.6 Å². The maximum atomic E-state index is 13.0. The Morgan fingerprint density at radius 1 is 1.20 bits per heavy atom. The first kappa shape index (κ1) is 36.1. The number of rotatable bonds is 8. The van der Waals surface area contributed by atoms with Gasteiger partial charge in [-0.05, 0) is 68.5 Å². The minimum absolute atomic E-state index is 0. The Balaban J connectivity index is 0.000000619. The minimum Gasteiger partial charge on any atom is -0.698 e. The fraction of sp³-hybridized carbons (Fsp3) is 0.448. The molecule has 6 nitrogen and oxygen atoms in total. The molecule has 217 valence electrons. The van der Waals surface area contributed by atoms with E-state index in [0.29, 0.717) is 16.7 Å². The Kier molecular flexibility index (Phi) is 16.1. The number of nitrogens with zero attached hydrogens (tertiary/aromatic N) is 3. The average Bonchev–Trinajstić information content (AvgIpc) is 3.68. The summed E-state index contributed by atoms with van der Waals surface area (Å²) in [6.45, 7) is 5.39. The summed E-state index contributed by atoms with van der Waals surface area (Å²) in [5, 5.41) is 7.72. The second-order valence-electron chi connectivity index (χ2n) is 8.80. The van der Waals surface area contributed by atoms with Gasteiger partial charge in [0.1, 0.15) is 12.3 Å². The quantitative estimate of drug-likeness (QED) is 0.154. The van der Waals surface area contributed by atoms with Crippen LogP contribution in [0.3, 0.4) is 0 Å². The van der Waals surface area contributed by atoms with Crippen LogP contribution in [-0.2, 0) is 39.3 Å². The molecule has 1 aromatic heterocycles. The van der Waals surface area contributed by atoms with Gasteiger partial charge in [-0.1, -0.05) is 38.3 Å². The van der Waals surface area contributed by atoms with Crippen molar-refractivity contribution in [3.63, 3.8) is 0 Å². The van der Waals surface area contributed by atoms with Crippen LogP contribution < -0.4 is 10.1 Å². The van der Waals surface area contributed by atoms with Crippen LogP contribution in [0, 0.1) is 11.8 Å². The van der Waals surface area contributed by atoms with Crippen molar-refractivity contribution in [1.82, 2.24) is 9.47 Å². The fourth-order valence-corrected chi connectivity index (χ4v) is 4.05. The molecule has 1 fully saturated rings. The number of hydrogen-bond donors (Lipinski definition) is 1. The Morgan fingerprint density at radius 3 is 2.48 bits per heavy atom. The van der Waals surface area contributed by atoms with E-state index in [9.17, 15) is 13.2 Å². The second-order valence-corrected chi connectivity index (χ2v) is 9.68. The van der Waals surface area contributed by atoms with Gasteiger partial charge in [0, 0.05) is 43.1 Å². The monoisotopic (exact) mass is 650 g/mol. The Morgan fingerprint density at radius 2 is 1.90 bits per heavy atom. The van der Waals surface area contributed by atoms with Crippen molar-refractivity contribution in [3.8, 4) is 17.6 Å². The first-order chi connectivity index (χ1) is 18.6. The topological polar surface area (TPSA) is 67.3 Å². The zero-order valence-corrected chi connectivity index (χ0v) is 27.7. The molecule has 2 aromatic carbocycles. The number of nitrogens with one attached hydrogen (secondary N) is 2. The van der Waals surface area contributed by atoms with Crippen LogP contribution >= 0.6 is 11.8 Å².